The molecule has 0 radical (unpaired) electrons. The van der Waals surface area contributed by atoms with Gasteiger partial charge in [-0.1, -0.05) is 6.92 Å². The lowest BCUT2D eigenvalue weighted by atomic mass is 9.88. The molecule has 18 heavy (non-hydrogen) atoms. The van der Waals surface area contributed by atoms with Crippen molar-refractivity contribution >= 4 is 5.97 Å². The molecular weight excluding hydrogens is 230 g/mol. The molecule has 2 heterocycles. The minimum absolute atomic E-state index is 0.586. The van der Waals surface area contributed by atoms with Gasteiger partial charge in [-0.15, -0.1) is 0 Å². The summed E-state index contributed by atoms with van der Waals surface area (Å²) >= 11 is 0. The standard InChI is InChI=1S/C14H21NO3/c1-3-11-6-7-12(18-11)10-15-9-5-4-8-14(15,2)13(16)17/h6-7H,3-5,8-10H2,1-2H3,(H,16,17). The summed E-state index contributed by atoms with van der Waals surface area (Å²) in [4.78, 5) is 13.5. The van der Waals surface area contributed by atoms with Crippen LogP contribution in [0, 0.1) is 0 Å². The van der Waals surface area contributed by atoms with E-state index in [4.69, 9.17) is 4.42 Å². The van der Waals surface area contributed by atoms with Crippen molar-refractivity contribution in [2.45, 2.75) is 51.6 Å². The van der Waals surface area contributed by atoms with E-state index in [0.29, 0.717) is 13.0 Å². The van der Waals surface area contributed by atoms with Crippen LogP contribution in [0.4, 0.5) is 0 Å². The van der Waals surface area contributed by atoms with Gasteiger partial charge in [0, 0.05) is 6.42 Å². The van der Waals surface area contributed by atoms with Crippen molar-refractivity contribution in [3.05, 3.63) is 23.7 Å². The Kier molecular flexibility index (Phi) is 3.76. The second kappa shape index (κ2) is 5.14. The molecule has 1 N–H and O–H groups in total. The quantitative estimate of drug-likeness (QED) is 0.893. The number of aryl methyl sites for hydroxylation is 1. The third-order valence-corrected chi connectivity index (χ3v) is 3.91. The zero-order valence-corrected chi connectivity index (χ0v) is 11.1. The number of hydrogen-bond donors (Lipinski definition) is 1. The van der Waals surface area contributed by atoms with Crippen LogP contribution in [0.3, 0.4) is 0 Å². The predicted molar refractivity (Wildman–Crippen MR) is 68.4 cm³/mol. The van der Waals surface area contributed by atoms with Gasteiger partial charge in [0.15, 0.2) is 0 Å². The van der Waals surface area contributed by atoms with Crippen molar-refractivity contribution in [2.24, 2.45) is 0 Å². The van der Waals surface area contributed by atoms with E-state index in [1.165, 1.54) is 0 Å². The molecule has 0 spiro atoms. The van der Waals surface area contributed by atoms with Crippen molar-refractivity contribution in [3.8, 4) is 0 Å². The van der Waals surface area contributed by atoms with E-state index in [2.05, 4.69) is 0 Å². The van der Waals surface area contributed by atoms with E-state index in [1.54, 1.807) is 0 Å². The first-order valence-corrected chi connectivity index (χ1v) is 6.62. The van der Waals surface area contributed by atoms with Gasteiger partial charge in [0.05, 0.1) is 6.54 Å². The molecule has 0 aliphatic carbocycles. The minimum Gasteiger partial charge on any atom is -0.480 e. The van der Waals surface area contributed by atoms with E-state index in [-0.39, 0.29) is 0 Å². The number of carboxylic acid groups (broad SMARTS) is 1. The maximum Gasteiger partial charge on any atom is 0.323 e. The molecule has 0 saturated carbocycles. The first-order valence-electron chi connectivity index (χ1n) is 6.62. The highest BCUT2D eigenvalue weighted by atomic mass is 16.4. The van der Waals surface area contributed by atoms with Crippen molar-refractivity contribution < 1.29 is 14.3 Å². The van der Waals surface area contributed by atoms with Gasteiger partial charge in [-0.25, -0.2) is 0 Å². The fourth-order valence-corrected chi connectivity index (χ4v) is 2.56. The molecule has 4 heteroatoms. The summed E-state index contributed by atoms with van der Waals surface area (Å²) in [6.07, 6.45) is 3.63. The molecule has 1 saturated heterocycles. The van der Waals surface area contributed by atoms with Crippen LogP contribution < -0.4 is 0 Å². The highest BCUT2D eigenvalue weighted by Gasteiger charge is 2.41. The van der Waals surface area contributed by atoms with Crippen molar-refractivity contribution in [3.63, 3.8) is 0 Å². The van der Waals surface area contributed by atoms with Crippen LogP contribution >= 0.6 is 0 Å². The van der Waals surface area contributed by atoms with Crippen LogP contribution in [0.15, 0.2) is 16.5 Å². The number of furan rings is 1. The summed E-state index contributed by atoms with van der Waals surface area (Å²) in [5, 5.41) is 9.43. The molecule has 1 unspecified atom stereocenters. The molecule has 1 aromatic heterocycles. The predicted octanol–water partition coefficient (Wildman–Crippen LogP) is 2.67. The Balaban J connectivity index is 2.12. The van der Waals surface area contributed by atoms with Crippen LogP contribution in [0.25, 0.3) is 0 Å². The molecule has 100 valence electrons. The van der Waals surface area contributed by atoms with E-state index < -0.39 is 11.5 Å². The van der Waals surface area contributed by atoms with Gasteiger partial charge in [-0.05, 0) is 44.9 Å². The van der Waals surface area contributed by atoms with Crippen molar-refractivity contribution in [1.29, 1.82) is 0 Å². The Morgan fingerprint density at radius 3 is 2.78 bits per heavy atom. The topological polar surface area (TPSA) is 53.7 Å². The Morgan fingerprint density at radius 2 is 2.17 bits per heavy atom. The van der Waals surface area contributed by atoms with Crippen LogP contribution in [0.2, 0.25) is 0 Å². The van der Waals surface area contributed by atoms with E-state index in [0.717, 1.165) is 37.3 Å². The lowest BCUT2D eigenvalue weighted by Crippen LogP contribution is -2.54. The number of carbonyl (C=O) groups is 1. The molecule has 1 fully saturated rings. The third kappa shape index (κ3) is 2.43. The van der Waals surface area contributed by atoms with Gasteiger partial charge in [-0.3, -0.25) is 9.69 Å². The molecule has 2 rings (SSSR count). The average Bonchev–Trinajstić information content (AvgIpc) is 2.80. The highest BCUT2D eigenvalue weighted by molar-refractivity contribution is 5.78. The summed E-state index contributed by atoms with van der Waals surface area (Å²) < 4.78 is 5.67. The fraction of sp³-hybridized carbons (Fsp3) is 0.643. The smallest absolute Gasteiger partial charge is 0.323 e. The first-order chi connectivity index (χ1) is 8.56. The Bertz CT molecular complexity index is 426. The van der Waals surface area contributed by atoms with Crippen molar-refractivity contribution in [2.75, 3.05) is 6.54 Å². The summed E-state index contributed by atoms with van der Waals surface area (Å²) in [5.41, 5.74) is -0.753. The van der Waals surface area contributed by atoms with E-state index in [9.17, 15) is 9.90 Å². The summed E-state index contributed by atoms with van der Waals surface area (Å²) in [5.74, 6) is 1.09. The van der Waals surface area contributed by atoms with Gasteiger partial charge < -0.3 is 9.52 Å². The van der Waals surface area contributed by atoms with Gasteiger partial charge >= 0.3 is 5.97 Å². The van der Waals surface area contributed by atoms with Crippen LogP contribution in [0.5, 0.6) is 0 Å². The van der Waals surface area contributed by atoms with Crippen LogP contribution in [-0.4, -0.2) is 28.1 Å². The zero-order chi connectivity index (χ0) is 13.2. The SMILES string of the molecule is CCc1ccc(CN2CCCCC2(C)C(=O)O)o1. The lowest BCUT2D eigenvalue weighted by Gasteiger charge is -2.41. The largest absolute Gasteiger partial charge is 0.480 e. The Morgan fingerprint density at radius 1 is 1.44 bits per heavy atom. The summed E-state index contributed by atoms with van der Waals surface area (Å²) in [6.45, 7) is 5.27. The molecular formula is C14H21NO3. The Hall–Kier alpha value is -1.29. The van der Waals surface area contributed by atoms with E-state index >= 15 is 0 Å². The van der Waals surface area contributed by atoms with Crippen LogP contribution in [-0.2, 0) is 17.8 Å². The number of hydrogen-bond acceptors (Lipinski definition) is 3. The highest BCUT2D eigenvalue weighted by Crippen LogP contribution is 2.30. The summed E-state index contributed by atoms with van der Waals surface area (Å²) in [6, 6.07) is 3.92. The average molecular weight is 251 g/mol. The molecule has 1 aliphatic heterocycles. The molecule has 1 aromatic rings. The normalized spacial score (nSPS) is 25.2. The van der Waals surface area contributed by atoms with Crippen LogP contribution in [0.1, 0.15) is 44.6 Å². The zero-order valence-electron chi connectivity index (χ0n) is 11.1. The van der Waals surface area contributed by atoms with Gasteiger partial charge in [0.2, 0.25) is 0 Å². The molecule has 0 amide bonds. The van der Waals surface area contributed by atoms with E-state index in [1.807, 2.05) is 30.9 Å². The molecule has 0 aromatic carbocycles. The number of piperidine rings is 1. The van der Waals surface area contributed by atoms with Gasteiger partial charge in [-0.2, -0.15) is 0 Å². The number of nitrogens with zero attached hydrogens (tertiary/aromatic N) is 1. The number of rotatable bonds is 4. The Labute approximate surface area is 108 Å². The minimum atomic E-state index is -0.753. The lowest BCUT2D eigenvalue weighted by molar-refractivity contribution is -0.153. The molecule has 1 atom stereocenters. The second-order valence-corrected chi connectivity index (χ2v) is 5.18. The third-order valence-electron chi connectivity index (χ3n) is 3.91. The molecule has 4 nitrogen and oxygen atoms in total. The fourth-order valence-electron chi connectivity index (χ4n) is 2.56. The summed E-state index contributed by atoms with van der Waals surface area (Å²) in [7, 11) is 0. The van der Waals surface area contributed by atoms with Gasteiger partial charge in [0.1, 0.15) is 17.1 Å². The van der Waals surface area contributed by atoms with Gasteiger partial charge in [0.25, 0.3) is 0 Å². The molecule has 0 bridgehead atoms. The van der Waals surface area contributed by atoms with Crippen molar-refractivity contribution in [1.82, 2.24) is 4.90 Å². The molecule has 1 aliphatic rings. The number of aliphatic carboxylic acids is 1. The second-order valence-electron chi connectivity index (χ2n) is 5.18. The monoisotopic (exact) mass is 251 g/mol. The number of likely N-dealkylation sites (tertiary alicyclic amines) is 1. The maximum atomic E-state index is 11.5. The number of carboxylic acids is 1. The first kappa shape index (κ1) is 13.1. The maximum absolute atomic E-state index is 11.5.